The van der Waals surface area contributed by atoms with E-state index in [4.69, 9.17) is 10.2 Å². The molecule has 1 aliphatic rings. The van der Waals surface area contributed by atoms with Gasteiger partial charge < -0.3 is 15.5 Å². The van der Waals surface area contributed by atoms with Crippen molar-refractivity contribution >= 4 is 11.9 Å². The maximum Gasteiger partial charge on any atom is 0.416 e. The van der Waals surface area contributed by atoms with Crippen LogP contribution in [0.4, 0.5) is 13.2 Å². The van der Waals surface area contributed by atoms with Gasteiger partial charge in [0, 0.05) is 0 Å². The van der Waals surface area contributed by atoms with Crippen LogP contribution in [0.1, 0.15) is 61.1 Å². The zero-order valence-corrected chi connectivity index (χ0v) is 18.8. The summed E-state index contributed by atoms with van der Waals surface area (Å²) in [5, 5.41) is 20.6. The quantitative estimate of drug-likeness (QED) is 0.586. The lowest BCUT2D eigenvalue weighted by molar-refractivity contribution is -0.137. The van der Waals surface area contributed by atoms with Crippen molar-refractivity contribution in [3.63, 3.8) is 0 Å². The van der Waals surface area contributed by atoms with E-state index in [2.05, 4.69) is 10.2 Å². The Kier molecular flexibility index (Phi) is 8.49. The highest BCUT2D eigenvalue weighted by atomic mass is 19.4. The molecule has 0 bridgehead atoms. The normalized spacial score (nSPS) is 15.3. The van der Waals surface area contributed by atoms with Crippen molar-refractivity contribution in [2.75, 3.05) is 13.1 Å². The van der Waals surface area contributed by atoms with E-state index in [0.717, 1.165) is 43.6 Å². The number of benzene rings is 2. The van der Waals surface area contributed by atoms with Crippen molar-refractivity contribution in [2.24, 2.45) is 0 Å². The third kappa shape index (κ3) is 7.21. The number of carbonyl (C=O) groups excluding carboxylic acids is 1. The summed E-state index contributed by atoms with van der Waals surface area (Å²) in [6.07, 6.45) is -2.09. The van der Waals surface area contributed by atoms with Gasteiger partial charge in [-0.15, -0.1) is 0 Å². The number of rotatable bonds is 5. The second-order valence-corrected chi connectivity index (χ2v) is 8.42. The summed E-state index contributed by atoms with van der Waals surface area (Å²) in [4.78, 5) is 25.6. The molecule has 0 aliphatic carbocycles. The zero-order valence-electron chi connectivity index (χ0n) is 18.8. The average molecular weight is 467 g/mol. The Balaban J connectivity index is 0.000000294. The predicted octanol–water partition coefficient (Wildman–Crippen LogP) is 4.85. The molecular weight excluding hydrogens is 437 g/mol. The fraction of sp³-hybridized carbons (Fsp3) is 0.417. The summed E-state index contributed by atoms with van der Waals surface area (Å²) < 4.78 is 35.6. The zero-order chi connectivity index (χ0) is 24.8. The highest BCUT2D eigenvalue weighted by molar-refractivity contribution is 5.88. The van der Waals surface area contributed by atoms with E-state index in [0.29, 0.717) is 6.07 Å². The van der Waals surface area contributed by atoms with E-state index < -0.39 is 23.2 Å². The lowest BCUT2D eigenvalue weighted by Crippen LogP contribution is -2.54. The second kappa shape index (κ2) is 10.7. The molecule has 0 spiro atoms. The lowest BCUT2D eigenvalue weighted by atomic mass is 10.00. The summed E-state index contributed by atoms with van der Waals surface area (Å²) >= 11 is 0. The number of halogens is 3. The number of amides is 1. The van der Waals surface area contributed by atoms with Crippen molar-refractivity contribution in [1.29, 1.82) is 0 Å². The van der Waals surface area contributed by atoms with Crippen LogP contribution in [0.25, 0.3) is 0 Å². The van der Waals surface area contributed by atoms with Gasteiger partial charge in [-0.05, 0) is 82.6 Å². The van der Waals surface area contributed by atoms with Gasteiger partial charge in [-0.3, -0.25) is 9.69 Å². The van der Waals surface area contributed by atoms with Gasteiger partial charge in [0.05, 0.1) is 22.7 Å². The molecule has 0 radical (unpaired) electrons. The fourth-order valence-electron chi connectivity index (χ4n) is 3.47. The van der Waals surface area contributed by atoms with Gasteiger partial charge in [0.15, 0.2) is 0 Å². The minimum atomic E-state index is -4.38. The maximum absolute atomic E-state index is 12.6. The van der Waals surface area contributed by atoms with Crippen molar-refractivity contribution < 1.29 is 33.0 Å². The van der Waals surface area contributed by atoms with Crippen molar-refractivity contribution in [3.05, 3.63) is 65.2 Å². The number of alkyl halides is 3. The van der Waals surface area contributed by atoms with Crippen LogP contribution in [-0.4, -0.2) is 45.6 Å². The summed E-state index contributed by atoms with van der Waals surface area (Å²) in [5.74, 6) is -1.32. The van der Waals surface area contributed by atoms with Crippen LogP contribution < -0.4 is 5.32 Å². The largest absolute Gasteiger partial charge is 0.508 e. The molecule has 1 amide bonds. The SMILES string of the molecule is CC(NC(=O)C(C)(C)N1CCCC1)c1ccc(C(=O)O)cc1.Oc1cccc(C(F)(F)F)c1. The van der Waals surface area contributed by atoms with Crippen molar-refractivity contribution in [3.8, 4) is 5.75 Å². The topological polar surface area (TPSA) is 89.9 Å². The number of carboxylic acid groups (broad SMARTS) is 1. The maximum atomic E-state index is 12.6. The molecule has 0 saturated carbocycles. The first-order valence-electron chi connectivity index (χ1n) is 10.6. The molecule has 1 atom stereocenters. The molecule has 1 saturated heterocycles. The van der Waals surface area contributed by atoms with Crippen LogP contribution in [0.15, 0.2) is 48.5 Å². The van der Waals surface area contributed by atoms with E-state index in [1.807, 2.05) is 20.8 Å². The van der Waals surface area contributed by atoms with Gasteiger partial charge in [0.2, 0.25) is 5.91 Å². The number of carbonyl (C=O) groups is 2. The monoisotopic (exact) mass is 466 g/mol. The standard InChI is InChI=1S/C17H24N2O3.C7H5F3O/c1-12(13-6-8-14(9-7-13)15(20)21)18-16(22)17(2,3)19-10-4-5-11-19;8-7(9,10)5-2-1-3-6(11)4-5/h6-9,12H,4-5,10-11H2,1-3H3,(H,18,22)(H,20,21);1-4,11H. The highest BCUT2D eigenvalue weighted by Crippen LogP contribution is 2.30. The van der Waals surface area contributed by atoms with Crippen LogP contribution >= 0.6 is 0 Å². The van der Waals surface area contributed by atoms with Crippen molar-refractivity contribution in [1.82, 2.24) is 10.2 Å². The number of hydrogen-bond acceptors (Lipinski definition) is 4. The summed E-state index contributed by atoms with van der Waals surface area (Å²) in [5.41, 5.74) is -0.209. The first-order chi connectivity index (χ1) is 15.3. The number of nitrogens with one attached hydrogen (secondary N) is 1. The second-order valence-electron chi connectivity index (χ2n) is 8.42. The minimum absolute atomic E-state index is 0.00390. The summed E-state index contributed by atoms with van der Waals surface area (Å²) in [6, 6.07) is 10.4. The lowest BCUT2D eigenvalue weighted by Gasteiger charge is -2.34. The van der Waals surface area contributed by atoms with E-state index in [-0.39, 0.29) is 23.3 Å². The molecule has 2 aromatic carbocycles. The van der Waals surface area contributed by atoms with Gasteiger partial charge in [-0.25, -0.2) is 4.79 Å². The molecule has 9 heteroatoms. The average Bonchev–Trinajstić information content (AvgIpc) is 3.29. The number of carboxylic acids is 1. The molecule has 1 heterocycles. The van der Waals surface area contributed by atoms with Crippen LogP contribution in [0, 0.1) is 0 Å². The molecule has 1 fully saturated rings. The number of phenolic OH excluding ortho intramolecular Hbond substituents is 1. The van der Waals surface area contributed by atoms with E-state index >= 15 is 0 Å². The summed E-state index contributed by atoms with van der Waals surface area (Å²) in [7, 11) is 0. The Morgan fingerprint density at radius 2 is 1.61 bits per heavy atom. The molecule has 3 rings (SSSR count). The first kappa shape index (κ1) is 26.2. The van der Waals surface area contributed by atoms with Crippen LogP contribution in [-0.2, 0) is 11.0 Å². The number of nitrogens with zero attached hydrogens (tertiary/aromatic N) is 1. The minimum Gasteiger partial charge on any atom is -0.508 e. The number of aromatic carboxylic acids is 1. The first-order valence-corrected chi connectivity index (χ1v) is 10.6. The highest BCUT2D eigenvalue weighted by Gasteiger charge is 2.36. The number of phenols is 1. The third-order valence-corrected chi connectivity index (χ3v) is 5.63. The molecule has 33 heavy (non-hydrogen) atoms. The third-order valence-electron chi connectivity index (χ3n) is 5.63. The van der Waals surface area contributed by atoms with Crippen LogP contribution in [0.3, 0.4) is 0 Å². The van der Waals surface area contributed by atoms with Gasteiger partial charge in [-0.2, -0.15) is 13.2 Å². The number of aromatic hydroxyl groups is 1. The Morgan fingerprint density at radius 1 is 1.03 bits per heavy atom. The molecule has 1 unspecified atom stereocenters. The molecule has 2 aromatic rings. The Labute approximate surface area is 191 Å². The smallest absolute Gasteiger partial charge is 0.416 e. The Morgan fingerprint density at radius 3 is 2.06 bits per heavy atom. The molecule has 1 aliphatic heterocycles. The Bertz CT molecular complexity index is 953. The van der Waals surface area contributed by atoms with Crippen molar-refractivity contribution in [2.45, 2.75) is 51.4 Å². The van der Waals surface area contributed by atoms with Gasteiger partial charge >= 0.3 is 12.1 Å². The molecule has 6 nitrogen and oxygen atoms in total. The Hall–Kier alpha value is -3.07. The predicted molar refractivity (Wildman–Crippen MR) is 118 cm³/mol. The summed E-state index contributed by atoms with van der Waals surface area (Å²) in [6.45, 7) is 7.74. The van der Waals surface area contributed by atoms with Gasteiger partial charge in [-0.1, -0.05) is 18.2 Å². The van der Waals surface area contributed by atoms with Gasteiger partial charge in [0.1, 0.15) is 5.75 Å². The van der Waals surface area contributed by atoms with Gasteiger partial charge in [0.25, 0.3) is 0 Å². The fourth-order valence-corrected chi connectivity index (χ4v) is 3.47. The number of likely N-dealkylation sites (tertiary alicyclic amines) is 1. The van der Waals surface area contributed by atoms with E-state index in [1.165, 1.54) is 6.07 Å². The van der Waals surface area contributed by atoms with Crippen LogP contribution in [0.2, 0.25) is 0 Å². The van der Waals surface area contributed by atoms with Crippen LogP contribution in [0.5, 0.6) is 5.75 Å². The molecule has 3 N–H and O–H groups in total. The molecule has 0 aromatic heterocycles. The molecule has 180 valence electrons. The molecular formula is C24H29F3N2O4. The number of hydrogen-bond donors (Lipinski definition) is 3. The van der Waals surface area contributed by atoms with E-state index in [1.54, 1.807) is 24.3 Å². The van der Waals surface area contributed by atoms with E-state index in [9.17, 15) is 22.8 Å².